The molecule has 2 aliphatic heterocycles. The van der Waals surface area contributed by atoms with Gasteiger partial charge in [0.15, 0.2) is 0 Å². The predicted molar refractivity (Wildman–Crippen MR) is 153 cm³/mol. The molecular weight excluding hydrogens is 516 g/mol. The number of amidine groups is 1. The highest BCUT2D eigenvalue weighted by atomic mass is 32.2. The molecule has 9 nitrogen and oxygen atoms in total. The van der Waals surface area contributed by atoms with E-state index in [1.54, 1.807) is 11.1 Å². The third kappa shape index (κ3) is 7.55. The summed E-state index contributed by atoms with van der Waals surface area (Å²) in [5.74, 6) is 1.07. The van der Waals surface area contributed by atoms with E-state index < -0.39 is 15.6 Å². The number of nitrogens with one attached hydrogen (secondary N) is 1. The number of hydrogen-bond donors (Lipinski definition) is 2. The first-order valence-corrected chi connectivity index (χ1v) is 15.6. The van der Waals surface area contributed by atoms with E-state index >= 15 is 0 Å². The SMILES string of the molecule is Cc1cc(CN(CCO)OC(C)(C)C)ccc1/C=C/S(=O)(=O)N1CCC2(CC1)N=C(C1CCCCC1)NC2=O. The molecule has 1 saturated carbocycles. The Hall–Kier alpha value is -2.11. The van der Waals surface area contributed by atoms with E-state index in [-0.39, 0.29) is 31.2 Å². The zero-order valence-electron chi connectivity index (χ0n) is 23.8. The maximum Gasteiger partial charge on any atom is 0.253 e. The Bertz CT molecular complexity index is 1190. The number of hydrogen-bond acceptors (Lipinski definition) is 7. The zero-order valence-corrected chi connectivity index (χ0v) is 24.6. The number of carbonyl (C=O) groups is 1. The molecule has 2 fully saturated rings. The van der Waals surface area contributed by atoms with Gasteiger partial charge in [0.2, 0.25) is 10.0 Å². The van der Waals surface area contributed by atoms with Crippen molar-refractivity contribution in [2.75, 3.05) is 26.2 Å². The van der Waals surface area contributed by atoms with Gasteiger partial charge in [-0.2, -0.15) is 9.37 Å². The van der Waals surface area contributed by atoms with Crippen LogP contribution in [0, 0.1) is 12.8 Å². The fourth-order valence-electron chi connectivity index (χ4n) is 5.69. The number of amides is 1. The third-order valence-corrected chi connectivity index (χ3v) is 9.33. The highest BCUT2D eigenvalue weighted by Gasteiger charge is 2.48. The monoisotopic (exact) mass is 560 g/mol. The Balaban J connectivity index is 1.38. The maximum absolute atomic E-state index is 13.1. The van der Waals surface area contributed by atoms with Crippen molar-refractivity contribution in [2.24, 2.45) is 10.9 Å². The molecule has 3 aliphatic rings. The first-order chi connectivity index (χ1) is 18.4. The summed E-state index contributed by atoms with van der Waals surface area (Å²) in [6, 6.07) is 5.86. The van der Waals surface area contributed by atoms with E-state index in [1.165, 1.54) is 29.0 Å². The fraction of sp³-hybridized carbons (Fsp3) is 0.655. The van der Waals surface area contributed by atoms with Crippen molar-refractivity contribution in [3.63, 3.8) is 0 Å². The van der Waals surface area contributed by atoms with Crippen LogP contribution >= 0.6 is 0 Å². The van der Waals surface area contributed by atoms with Crippen LogP contribution < -0.4 is 5.32 Å². The third-order valence-electron chi connectivity index (χ3n) is 7.77. The molecule has 0 unspecified atom stereocenters. The van der Waals surface area contributed by atoms with Crippen molar-refractivity contribution in [1.82, 2.24) is 14.7 Å². The van der Waals surface area contributed by atoms with Gasteiger partial charge in [-0.25, -0.2) is 8.42 Å². The van der Waals surface area contributed by atoms with Crippen LogP contribution in [-0.4, -0.2) is 72.0 Å². The lowest BCUT2D eigenvalue weighted by atomic mass is 9.88. The quantitative estimate of drug-likeness (QED) is 0.445. The smallest absolute Gasteiger partial charge is 0.253 e. The van der Waals surface area contributed by atoms with Gasteiger partial charge < -0.3 is 10.4 Å². The lowest BCUT2D eigenvalue weighted by Gasteiger charge is -2.34. The van der Waals surface area contributed by atoms with Gasteiger partial charge in [0.05, 0.1) is 12.2 Å². The first kappa shape index (κ1) is 29.9. The summed E-state index contributed by atoms with van der Waals surface area (Å²) in [5, 5.41) is 15.4. The zero-order chi connectivity index (χ0) is 28.3. The Morgan fingerprint density at radius 1 is 1.21 bits per heavy atom. The molecule has 1 aromatic carbocycles. The summed E-state index contributed by atoms with van der Waals surface area (Å²) in [7, 11) is -3.64. The van der Waals surface area contributed by atoms with E-state index in [0.29, 0.717) is 31.8 Å². The van der Waals surface area contributed by atoms with Crippen molar-refractivity contribution >= 4 is 27.8 Å². The van der Waals surface area contributed by atoms with Crippen LogP contribution in [0.4, 0.5) is 0 Å². The van der Waals surface area contributed by atoms with Crippen LogP contribution in [0.25, 0.3) is 6.08 Å². The number of aliphatic hydroxyl groups is 1. The summed E-state index contributed by atoms with van der Waals surface area (Å²) in [6.07, 6.45) is 8.13. The summed E-state index contributed by atoms with van der Waals surface area (Å²) < 4.78 is 27.7. The van der Waals surface area contributed by atoms with Crippen LogP contribution in [0.1, 0.15) is 82.4 Å². The summed E-state index contributed by atoms with van der Waals surface area (Å²) >= 11 is 0. The van der Waals surface area contributed by atoms with Gasteiger partial charge in [0.1, 0.15) is 11.4 Å². The Labute approximate surface area is 233 Å². The number of rotatable bonds is 9. The van der Waals surface area contributed by atoms with Crippen LogP contribution in [-0.2, 0) is 26.2 Å². The highest BCUT2D eigenvalue weighted by Crippen LogP contribution is 2.35. The molecule has 0 atom stereocenters. The second-order valence-electron chi connectivity index (χ2n) is 12.0. The molecule has 1 aliphatic carbocycles. The number of benzene rings is 1. The second-order valence-corrected chi connectivity index (χ2v) is 13.9. The fourth-order valence-corrected chi connectivity index (χ4v) is 6.87. The van der Waals surface area contributed by atoms with Gasteiger partial charge in [0.25, 0.3) is 5.91 Å². The van der Waals surface area contributed by atoms with Crippen LogP contribution in [0.2, 0.25) is 0 Å². The molecule has 0 radical (unpaired) electrons. The summed E-state index contributed by atoms with van der Waals surface area (Å²) in [5.41, 5.74) is 1.58. The summed E-state index contributed by atoms with van der Waals surface area (Å²) in [6.45, 7) is 9.27. The van der Waals surface area contributed by atoms with E-state index in [9.17, 15) is 18.3 Å². The van der Waals surface area contributed by atoms with Crippen molar-refractivity contribution in [2.45, 2.75) is 90.3 Å². The van der Waals surface area contributed by atoms with Crippen LogP contribution in [0.3, 0.4) is 0 Å². The normalized spacial score (nSPS) is 21.2. The largest absolute Gasteiger partial charge is 0.395 e. The molecule has 0 bridgehead atoms. The van der Waals surface area contributed by atoms with Crippen molar-refractivity contribution in [1.29, 1.82) is 0 Å². The number of hydroxylamine groups is 2. The number of aryl methyl sites for hydroxylation is 1. The number of carbonyl (C=O) groups excluding carboxylic acids is 1. The Morgan fingerprint density at radius 3 is 2.51 bits per heavy atom. The van der Waals surface area contributed by atoms with Crippen molar-refractivity contribution < 1.29 is 23.2 Å². The number of piperidine rings is 1. The second kappa shape index (κ2) is 12.2. The predicted octanol–water partition coefficient (Wildman–Crippen LogP) is 3.76. The number of aliphatic imine (C=N–C) groups is 1. The molecule has 4 rings (SSSR count). The minimum atomic E-state index is -3.64. The molecule has 216 valence electrons. The lowest BCUT2D eigenvalue weighted by Crippen LogP contribution is -2.50. The topological polar surface area (TPSA) is 112 Å². The molecule has 10 heteroatoms. The van der Waals surface area contributed by atoms with Crippen molar-refractivity contribution in [3.05, 3.63) is 40.3 Å². The molecular formula is C29H44N4O5S. The lowest BCUT2D eigenvalue weighted by molar-refractivity contribution is -0.237. The Morgan fingerprint density at radius 2 is 1.90 bits per heavy atom. The molecule has 1 amide bonds. The van der Waals surface area contributed by atoms with Gasteiger partial charge in [-0.15, -0.1) is 0 Å². The molecule has 39 heavy (non-hydrogen) atoms. The van der Waals surface area contributed by atoms with Gasteiger partial charge in [0, 0.05) is 37.5 Å². The average molecular weight is 561 g/mol. The maximum atomic E-state index is 13.1. The van der Waals surface area contributed by atoms with Gasteiger partial charge in [-0.1, -0.05) is 37.5 Å². The summed E-state index contributed by atoms with van der Waals surface area (Å²) in [4.78, 5) is 23.7. The molecule has 1 saturated heterocycles. The number of aliphatic hydroxyl groups excluding tert-OH is 1. The first-order valence-electron chi connectivity index (χ1n) is 14.1. The molecule has 1 aromatic rings. The number of sulfonamides is 1. The standard InChI is InChI=1S/C29H44N4O5S/c1-22-20-23(21-32(17-18-34)38-28(2,3)4)10-11-24(22)12-19-39(36,37)33-15-13-29(14-16-33)27(35)30-26(31-29)25-8-6-5-7-9-25/h10-12,19-20,25,34H,5-9,13-18,21H2,1-4H3,(H,30,31,35)/b19-12+. The highest BCUT2D eigenvalue weighted by molar-refractivity contribution is 7.92. The van der Waals surface area contributed by atoms with Gasteiger partial charge in [-0.3, -0.25) is 14.6 Å². The van der Waals surface area contributed by atoms with Gasteiger partial charge in [-0.05, 0) is 76.1 Å². The van der Waals surface area contributed by atoms with Crippen LogP contribution in [0.15, 0.2) is 28.6 Å². The number of nitrogens with zero attached hydrogens (tertiary/aromatic N) is 3. The van der Waals surface area contributed by atoms with Crippen LogP contribution in [0.5, 0.6) is 0 Å². The molecule has 0 aromatic heterocycles. The Kier molecular flexibility index (Phi) is 9.33. The van der Waals surface area contributed by atoms with Gasteiger partial charge >= 0.3 is 0 Å². The molecule has 2 N–H and O–H groups in total. The molecule has 2 heterocycles. The van der Waals surface area contributed by atoms with E-state index in [4.69, 9.17) is 9.83 Å². The molecule has 1 spiro atoms. The van der Waals surface area contributed by atoms with Crippen molar-refractivity contribution in [3.8, 4) is 0 Å². The average Bonchev–Trinajstić information content (AvgIpc) is 3.19. The van der Waals surface area contributed by atoms with E-state index in [2.05, 4.69) is 5.32 Å². The minimum absolute atomic E-state index is 0.00985. The van der Waals surface area contributed by atoms with E-state index in [1.807, 2.05) is 45.9 Å². The van der Waals surface area contributed by atoms with E-state index in [0.717, 1.165) is 35.4 Å². The minimum Gasteiger partial charge on any atom is -0.395 e.